The maximum Gasteiger partial charge on any atom is 0.239 e. The molecule has 0 aliphatic heterocycles. The molecule has 0 spiro atoms. The Bertz CT molecular complexity index is 1140. The highest BCUT2D eigenvalue weighted by Crippen LogP contribution is 2.36. The van der Waals surface area contributed by atoms with Crippen LogP contribution >= 0.6 is 0 Å². The van der Waals surface area contributed by atoms with E-state index in [4.69, 9.17) is 9.15 Å². The van der Waals surface area contributed by atoms with Crippen molar-refractivity contribution in [2.24, 2.45) is 0 Å². The van der Waals surface area contributed by atoms with E-state index in [1.807, 2.05) is 36.4 Å². The topological polar surface area (TPSA) is 63.5 Å². The summed E-state index contributed by atoms with van der Waals surface area (Å²) in [4.78, 5) is 12.1. The SMILES string of the molecule is COc1cc2c(cc1NCC(=O)NCc1ccc(F)cc1)oc1ccccc12. The van der Waals surface area contributed by atoms with E-state index in [9.17, 15) is 9.18 Å². The van der Waals surface area contributed by atoms with Gasteiger partial charge in [0, 0.05) is 23.4 Å². The minimum Gasteiger partial charge on any atom is -0.495 e. The monoisotopic (exact) mass is 378 g/mol. The first-order chi connectivity index (χ1) is 13.6. The second-order valence-corrected chi connectivity index (χ2v) is 6.40. The van der Waals surface area contributed by atoms with Gasteiger partial charge in [0.25, 0.3) is 0 Å². The summed E-state index contributed by atoms with van der Waals surface area (Å²) in [5.41, 5.74) is 3.02. The zero-order valence-electron chi connectivity index (χ0n) is 15.3. The lowest BCUT2D eigenvalue weighted by Crippen LogP contribution is -2.29. The lowest BCUT2D eigenvalue weighted by Gasteiger charge is -2.11. The molecule has 1 amide bonds. The van der Waals surface area contributed by atoms with Crippen LogP contribution in [0.4, 0.5) is 10.1 Å². The number of benzene rings is 3. The van der Waals surface area contributed by atoms with Crippen LogP contribution in [0.25, 0.3) is 21.9 Å². The molecule has 0 radical (unpaired) electrons. The van der Waals surface area contributed by atoms with E-state index in [0.717, 1.165) is 27.5 Å². The van der Waals surface area contributed by atoms with Gasteiger partial charge in [-0.2, -0.15) is 0 Å². The number of para-hydroxylation sites is 1. The standard InChI is InChI=1S/C22H19FN2O3/c1-27-21-10-17-16-4-2-3-5-19(16)28-20(17)11-18(21)24-13-22(26)25-12-14-6-8-15(23)9-7-14/h2-11,24H,12-13H2,1H3,(H,25,26). The lowest BCUT2D eigenvalue weighted by atomic mass is 10.1. The Morgan fingerprint density at radius 2 is 1.82 bits per heavy atom. The van der Waals surface area contributed by atoms with Gasteiger partial charge in [-0.05, 0) is 29.8 Å². The summed E-state index contributed by atoms with van der Waals surface area (Å²) in [5, 5.41) is 7.86. The lowest BCUT2D eigenvalue weighted by molar-refractivity contribution is -0.119. The molecule has 0 saturated heterocycles. The number of furan rings is 1. The third-order valence-corrected chi connectivity index (χ3v) is 4.54. The first-order valence-electron chi connectivity index (χ1n) is 8.88. The van der Waals surface area contributed by atoms with E-state index in [-0.39, 0.29) is 18.3 Å². The van der Waals surface area contributed by atoms with E-state index in [2.05, 4.69) is 10.6 Å². The van der Waals surface area contributed by atoms with Crippen molar-refractivity contribution in [1.29, 1.82) is 0 Å². The van der Waals surface area contributed by atoms with Crippen LogP contribution in [-0.4, -0.2) is 19.6 Å². The Balaban J connectivity index is 1.46. The molecule has 4 aromatic rings. The minimum atomic E-state index is -0.301. The zero-order valence-corrected chi connectivity index (χ0v) is 15.3. The molecule has 0 atom stereocenters. The van der Waals surface area contributed by atoms with Gasteiger partial charge in [-0.1, -0.05) is 30.3 Å². The van der Waals surface area contributed by atoms with Crippen molar-refractivity contribution in [3.63, 3.8) is 0 Å². The van der Waals surface area contributed by atoms with Gasteiger partial charge < -0.3 is 19.8 Å². The molecule has 142 valence electrons. The fourth-order valence-corrected chi connectivity index (χ4v) is 3.10. The number of ether oxygens (including phenoxy) is 1. The number of methoxy groups -OCH3 is 1. The fourth-order valence-electron chi connectivity index (χ4n) is 3.10. The maximum atomic E-state index is 12.9. The normalized spacial score (nSPS) is 10.9. The van der Waals surface area contributed by atoms with Crippen molar-refractivity contribution in [3.8, 4) is 5.75 Å². The fraction of sp³-hybridized carbons (Fsp3) is 0.136. The van der Waals surface area contributed by atoms with Gasteiger partial charge in [0.15, 0.2) is 0 Å². The smallest absolute Gasteiger partial charge is 0.239 e. The second-order valence-electron chi connectivity index (χ2n) is 6.40. The first kappa shape index (κ1) is 17.9. The minimum absolute atomic E-state index is 0.0727. The number of nitrogens with one attached hydrogen (secondary N) is 2. The molecule has 0 aliphatic carbocycles. The molecule has 0 aliphatic rings. The highest BCUT2D eigenvalue weighted by Gasteiger charge is 2.13. The van der Waals surface area contributed by atoms with Crippen LogP contribution in [0.5, 0.6) is 5.75 Å². The Morgan fingerprint density at radius 3 is 2.61 bits per heavy atom. The van der Waals surface area contributed by atoms with Gasteiger partial charge in [-0.3, -0.25) is 4.79 Å². The predicted octanol–water partition coefficient (Wildman–Crippen LogP) is 4.46. The number of halogens is 1. The summed E-state index contributed by atoms with van der Waals surface area (Å²) in [6, 6.07) is 17.5. The van der Waals surface area contributed by atoms with E-state index < -0.39 is 0 Å². The van der Waals surface area contributed by atoms with Gasteiger partial charge in [0.1, 0.15) is 22.7 Å². The van der Waals surface area contributed by atoms with Crippen LogP contribution < -0.4 is 15.4 Å². The molecule has 3 aromatic carbocycles. The summed E-state index contributed by atoms with van der Waals surface area (Å²) in [5.74, 6) is 0.145. The van der Waals surface area contributed by atoms with Gasteiger partial charge in [0.2, 0.25) is 5.91 Å². The molecule has 5 nitrogen and oxygen atoms in total. The maximum absolute atomic E-state index is 12.9. The van der Waals surface area contributed by atoms with Crippen molar-refractivity contribution in [2.75, 3.05) is 19.0 Å². The Morgan fingerprint density at radius 1 is 1.04 bits per heavy atom. The van der Waals surface area contributed by atoms with Gasteiger partial charge >= 0.3 is 0 Å². The third kappa shape index (κ3) is 3.62. The van der Waals surface area contributed by atoms with Crippen LogP contribution in [0, 0.1) is 5.82 Å². The number of anilines is 1. The van der Waals surface area contributed by atoms with E-state index in [0.29, 0.717) is 18.0 Å². The molecule has 2 N–H and O–H groups in total. The summed E-state index contributed by atoms with van der Waals surface area (Å²) >= 11 is 0. The third-order valence-electron chi connectivity index (χ3n) is 4.54. The van der Waals surface area contributed by atoms with E-state index in [1.165, 1.54) is 12.1 Å². The zero-order chi connectivity index (χ0) is 19.5. The van der Waals surface area contributed by atoms with Gasteiger partial charge in [-0.15, -0.1) is 0 Å². The molecule has 4 rings (SSSR count). The van der Waals surface area contributed by atoms with Crippen molar-refractivity contribution < 1.29 is 18.3 Å². The molecule has 1 heterocycles. The molecular weight excluding hydrogens is 359 g/mol. The van der Waals surface area contributed by atoms with Gasteiger partial charge in [0.05, 0.1) is 19.3 Å². The average molecular weight is 378 g/mol. The van der Waals surface area contributed by atoms with Crippen molar-refractivity contribution in [2.45, 2.75) is 6.54 Å². The van der Waals surface area contributed by atoms with Crippen LogP contribution in [0.2, 0.25) is 0 Å². The quantitative estimate of drug-likeness (QED) is 0.520. The van der Waals surface area contributed by atoms with E-state index in [1.54, 1.807) is 19.2 Å². The highest BCUT2D eigenvalue weighted by molar-refractivity contribution is 6.06. The van der Waals surface area contributed by atoms with Crippen molar-refractivity contribution in [3.05, 3.63) is 72.0 Å². The van der Waals surface area contributed by atoms with Crippen molar-refractivity contribution in [1.82, 2.24) is 5.32 Å². The molecule has 1 aromatic heterocycles. The van der Waals surface area contributed by atoms with Crippen LogP contribution in [0.3, 0.4) is 0 Å². The Hall–Kier alpha value is -3.54. The summed E-state index contributed by atoms with van der Waals surface area (Å²) in [7, 11) is 1.59. The van der Waals surface area contributed by atoms with Crippen LogP contribution in [0.15, 0.2) is 65.1 Å². The first-order valence-corrected chi connectivity index (χ1v) is 8.88. The molecule has 28 heavy (non-hydrogen) atoms. The molecule has 0 bridgehead atoms. The van der Waals surface area contributed by atoms with Crippen LogP contribution in [0.1, 0.15) is 5.56 Å². The molecule has 0 saturated carbocycles. The molecule has 6 heteroatoms. The van der Waals surface area contributed by atoms with Gasteiger partial charge in [-0.25, -0.2) is 4.39 Å². The highest BCUT2D eigenvalue weighted by atomic mass is 19.1. The summed E-state index contributed by atoms with van der Waals surface area (Å²) < 4.78 is 24.3. The number of hydrogen-bond acceptors (Lipinski definition) is 4. The summed E-state index contributed by atoms with van der Waals surface area (Å²) in [6.07, 6.45) is 0. The van der Waals surface area contributed by atoms with E-state index >= 15 is 0 Å². The number of carbonyl (C=O) groups excluding carboxylic acids is 1. The average Bonchev–Trinajstić information content (AvgIpc) is 3.08. The largest absolute Gasteiger partial charge is 0.495 e. The number of fused-ring (bicyclic) bond motifs is 3. The van der Waals surface area contributed by atoms with Crippen LogP contribution in [-0.2, 0) is 11.3 Å². The van der Waals surface area contributed by atoms with Crippen molar-refractivity contribution >= 4 is 33.5 Å². The number of amides is 1. The molecular formula is C22H19FN2O3. The Labute approximate surface area is 161 Å². The predicted molar refractivity (Wildman–Crippen MR) is 107 cm³/mol. The Kier molecular flexibility index (Phi) is 4.85. The number of hydrogen-bond donors (Lipinski definition) is 2. The summed E-state index contributed by atoms with van der Waals surface area (Å²) in [6.45, 7) is 0.407. The molecule has 0 unspecified atom stereocenters. The number of carbonyl (C=O) groups is 1. The number of rotatable bonds is 6. The molecule has 0 fully saturated rings. The second kappa shape index (κ2) is 7.60.